The molecular formula is C15H20BrN3O. The molecule has 4 nitrogen and oxygen atoms in total. The second-order valence-electron chi connectivity index (χ2n) is 4.94. The summed E-state index contributed by atoms with van der Waals surface area (Å²) in [6.07, 6.45) is 7.33. The largest absolute Gasteiger partial charge is 0.493 e. The number of halogens is 1. The molecule has 1 aromatic carbocycles. The van der Waals surface area contributed by atoms with Crippen molar-refractivity contribution in [2.75, 3.05) is 6.61 Å². The third-order valence-electron chi connectivity index (χ3n) is 2.94. The van der Waals surface area contributed by atoms with Crippen molar-refractivity contribution in [1.82, 2.24) is 9.55 Å². The maximum atomic E-state index is 5.88. The van der Waals surface area contributed by atoms with Crippen LogP contribution in [0.1, 0.15) is 18.9 Å². The highest BCUT2D eigenvalue weighted by molar-refractivity contribution is 9.10. The predicted molar refractivity (Wildman–Crippen MR) is 83.8 cm³/mol. The lowest BCUT2D eigenvalue weighted by Crippen LogP contribution is -2.18. The van der Waals surface area contributed by atoms with E-state index in [0.717, 1.165) is 35.2 Å². The number of rotatable bonds is 7. The van der Waals surface area contributed by atoms with Crippen molar-refractivity contribution in [3.63, 3.8) is 0 Å². The zero-order valence-electron chi connectivity index (χ0n) is 11.6. The van der Waals surface area contributed by atoms with Gasteiger partial charge < -0.3 is 15.0 Å². The van der Waals surface area contributed by atoms with Gasteiger partial charge in [0, 0.05) is 29.5 Å². The van der Waals surface area contributed by atoms with Gasteiger partial charge in [0.15, 0.2) is 0 Å². The molecule has 0 saturated carbocycles. The molecule has 108 valence electrons. The molecule has 2 aromatic rings. The van der Waals surface area contributed by atoms with Crippen LogP contribution in [0.2, 0.25) is 0 Å². The summed E-state index contributed by atoms with van der Waals surface area (Å²) in [4.78, 5) is 4.02. The molecule has 0 radical (unpaired) electrons. The summed E-state index contributed by atoms with van der Waals surface area (Å²) < 4.78 is 8.99. The van der Waals surface area contributed by atoms with E-state index in [0.29, 0.717) is 6.61 Å². The zero-order chi connectivity index (χ0) is 14.4. The van der Waals surface area contributed by atoms with Crippen molar-refractivity contribution >= 4 is 15.9 Å². The van der Waals surface area contributed by atoms with Crippen LogP contribution < -0.4 is 10.5 Å². The highest BCUT2D eigenvalue weighted by Crippen LogP contribution is 2.24. The molecule has 0 bridgehead atoms. The Morgan fingerprint density at radius 1 is 1.45 bits per heavy atom. The van der Waals surface area contributed by atoms with Gasteiger partial charge in [0.2, 0.25) is 0 Å². The maximum Gasteiger partial charge on any atom is 0.122 e. The van der Waals surface area contributed by atoms with Crippen LogP contribution in [0.25, 0.3) is 0 Å². The molecule has 0 aliphatic heterocycles. The number of aromatic nitrogens is 2. The van der Waals surface area contributed by atoms with E-state index in [2.05, 4.69) is 27.0 Å². The number of ether oxygens (including phenoxy) is 1. The van der Waals surface area contributed by atoms with Crippen molar-refractivity contribution < 1.29 is 4.74 Å². The Morgan fingerprint density at radius 3 is 3.00 bits per heavy atom. The van der Waals surface area contributed by atoms with Crippen LogP contribution in [0.4, 0.5) is 0 Å². The molecule has 20 heavy (non-hydrogen) atoms. The number of imidazole rings is 1. The van der Waals surface area contributed by atoms with Crippen molar-refractivity contribution in [2.24, 2.45) is 5.73 Å². The smallest absolute Gasteiger partial charge is 0.122 e. The lowest BCUT2D eigenvalue weighted by atomic mass is 10.1. The lowest BCUT2D eigenvalue weighted by molar-refractivity contribution is 0.298. The van der Waals surface area contributed by atoms with Crippen molar-refractivity contribution in [3.8, 4) is 5.75 Å². The first-order valence-corrected chi connectivity index (χ1v) is 7.57. The number of benzene rings is 1. The minimum atomic E-state index is 0.123. The van der Waals surface area contributed by atoms with Gasteiger partial charge in [0.25, 0.3) is 0 Å². The third kappa shape index (κ3) is 4.65. The molecule has 2 rings (SSSR count). The van der Waals surface area contributed by atoms with Gasteiger partial charge in [0.05, 0.1) is 12.9 Å². The first kappa shape index (κ1) is 15.1. The SMILES string of the molecule is CC(N)Cc1cc(Br)ccc1OCCCn1ccnc1. The van der Waals surface area contributed by atoms with Gasteiger partial charge >= 0.3 is 0 Å². The molecule has 5 heteroatoms. The van der Waals surface area contributed by atoms with E-state index in [1.54, 1.807) is 6.20 Å². The fourth-order valence-corrected chi connectivity index (χ4v) is 2.45. The predicted octanol–water partition coefficient (Wildman–Crippen LogP) is 3.00. The summed E-state index contributed by atoms with van der Waals surface area (Å²) in [5.41, 5.74) is 7.03. The topological polar surface area (TPSA) is 53.1 Å². The van der Waals surface area contributed by atoms with Crippen LogP contribution in [0.3, 0.4) is 0 Å². The van der Waals surface area contributed by atoms with E-state index in [9.17, 15) is 0 Å². The first-order chi connectivity index (χ1) is 9.65. The Balaban J connectivity index is 1.88. The summed E-state index contributed by atoms with van der Waals surface area (Å²) in [7, 11) is 0. The van der Waals surface area contributed by atoms with Crippen molar-refractivity contribution in [1.29, 1.82) is 0 Å². The summed E-state index contributed by atoms with van der Waals surface area (Å²) in [5.74, 6) is 0.927. The Morgan fingerprint density at radius 2 is 2.30 bits per heavy atom. The third-order valence-corrected chi connectivity index (χ3v) is 3.44. The summed E-state index contributed by atoms with van der Waals surface area (Å²) in [6, 6.07) is 6.20. The van der Waals surface area contributed by atoms with Gasteiger partial charge in [0.1, 0.15) is 5.75 Å². The molecule has 1 unspecified atom stereocenters. The molecule has 1 heterocycles. The summed E-state index contributed by atoms with van der Waals surface area (Å²) in [5, 5.41) is 0. The van der Waals surface area contributed by atoms with Gasteiger partial charge in [-0.2, -0.15) is 0 Å². The minimum Gasteiger partial charge on any atom is -0.493 e. The fourth-order valence-electron chi connectivity index (χ4n) is 2.04. The zero-order valence-corrected chi connectivity index (χ0v) is 13.2. The van der Waals surface area contributed by atoms with Crippen LogP contribution in [-0.4, -0.2) is 22.2 Å². The Bertz CT molecular complexity index is 526. The summed E-state index contributed by atoms with van der Waals surface area (Å²) >= 11 is 3.49. The fraction of sp³-hybridized carbons (Fsp3) is 0.400. The molecule has 0 aliphatic rings. The van der Waals surface area contributed by atoms with E-state index in [1.165, 1.54) is 0 Å². The van der Waals surface area contributed by atoms with Gasteiger partial charge in [-0.25, -0.2) is 4.98 Å². The normalized spacial score (nSPS) is 12.3. The molecule has 0 amide bonds. The average molecular weight is 338 g/mol. The standard InChI is InChI=1S/C15H20BrN3O/c1-12(17)9-13-10-14(16)3-4-15(13)20-8-2-6-19-7-5-18-11-19/h3-5,7,10-12H,2,6,8-9,17H2,1H3. The molecule has 0 spiro atoms. The maximum absolute atomic E-state index is 5.88. The van der Waals surface area contributed by atoms with Crippen LogP contribution >= 0.6 is 15.9 Å². The van der Waals surface area contributed by atoms with Gasteiger partial charge in [-0.3, -0.25) is 0 Å². The molecule has 2 N–H and O–H groups in total. The first-order valence-electron chi connectivity index (χ1n) is 6.77. The molecule has 1 atom stereocenters. The quantitative estimate of drug-likeness (QED) is 0.790. The van der Waals surface area contributed by atoms with E-state index >= 15 is 0 Å². The second-order valence-corrected chi connectivity index (χ2v) is 5.85. The Labute approximate surface area is 128 Å². The molecule has 0 saturated heterocycles. The Kier molecular flexibility index (Phi) is 5.61. The molecule has 0 fully saturated rings. The molecule has 0 aliphatic carbocycles. The van der Waals surface area contributed by atoms with Crippen LogP contribution in [-0.2, 0) is 13.0 Å². The summed E-state index contributed by atoms with van der Waals surface area (Å²) in [6.45, 7) is 3.61. The van der Waals surface area contributed by atoms with Gasteiger partial charge in [-0.1, -0.05) is 15.9 Å². The highest BCUT2D eigenvalue weighted by atomic mass is 79.9. The van der Waals surface area contributed by atoms with Crippen LogP contribution in [0.15, 0.2) is 41.4 Å². The lowest BCUT2D eigenvalue weighted by Gasteiger charge is -2.13. The van der Waals surface area contributed by atoms with Crippen LogP contribution in [0.5, 0.6) is 5.75 Å². The molecular weight excluding hydrogens is 318 g/mol. The van der Waals surface area contributed by atoms with Gasteiger partial charge in [-0.05, 0) is 43.5 Å². The number of nitrogens with two attached hydrogens (primary N) is 1. The second kappa shape index (κ2) is 7.45. The number of nitrogens with zero attached hydrogens (tertiary/aromatic N) is 2. The van der Waals surface area contributed by atoms with E-state index < -0.39 is 0 Å². The number of aryl methyl sites for hydroxylation is 1. The number of hydrogen-bond donors (Lipinski definition) is 1. The minimum absolute atomic E-state index is 0.123. The van der Waals surface area contributed by atoms with Crippen molar-refractivity contribution in [3.05, 3.63) is 47.0 Å². The van der Waals surface area contributed by atoms with E-state index in [4.69, 9.17) is 10.5 Å². The molecule has 1 aromatic heterocycles. The Hall–Kier alpha value is -1.33. The van der Waals surface area contributed by atoms with Crippen molar-refractivity contribution in [2.45, 2.75) is 32.4 Å². The van der Waals surface area contributed by atoms with Crippen LogP contribution in [0, 0.1) is 0 Å². The van der Waals surface area contributed by atoms with E-state index in [1.807, 2.05) is 36.1 Å². The van der Waals surface area contributed by atoms with Gasteiger partial charge in [-0.15, -0.1) is 0 Å². The monoisotopic (exact) mass is 337 g/mol. The number of hydrogen-bond acceptors (Lipinski definition) is 3. The van der Waals surface area contributed by atoms with E-state index in [-0.39, 0.29) is 6.04 Å². The average Bonchev–Trinajstić information content (AvgIpc) is 2.89. The highest BCUT2D eigenvalue weighted by Gasteiger charge is 2.07.